The Bertz CT molecular complexity index is 970. The van der Waals surface area contributed by atoms with Crippen molar-refractivity contribution in [3.63, 3.8) is 0 Å². The minimum absolute atomic E-state index is 0.143. The molecule has 0 spiro atoms. The molecule has 0 N–H and O–H groups in total. The lowest BCUT2D eigenvalue weighted by Crippen LogP contribution is -2.52. The average molecular weight is 448 g/mol. The molecule has 2 aliphatic rings. The normalized spacial score (nSPS) is 20.1. The molecule has 0 unspecified atom stereocenters. The Labute approximate surface area is 185 Å². The summed E-state index contributed by atoms with van der Waals surface area (Å²) in [5, 5.41) is 2.99. The molecule has 2 heterocycles. The van der Waals surface area contributed by atoms with Crippen molar-refractivity contribution in [2.24, 2.45) is 0 Å². The van der Waals surface area contributed by atoms with E-state index in [1.807, 2.05) is 30.5 Å². The maximum atomic E-state index is 13.7. The maximum absolute atomic E-state index is 13.7. The predicted molar refractivity (Wildman–Crippen MR) is 124 cm³/mol. The van der Waals surface area contributed by atoms with Gasteiger partial charge in [-0.3, -0.25) is 4.90 Å². The molecule has 1 aromatic carbocycles. The molecule has 1 aromatic heterocycles. The molecule has 5 nitrogen and oxygen atoms in total. The Balaban J connectivity index is 1.58. The largest absolute Gasteiger partial charge is 0.298 e. The van der Waals surface area contributed by atoms with Crippen LogP contribution in [0.15, 0.2) is 28.5 Å². The fraction of sp³-hybridized carbons (Fsp3) is 0.609. The molecule has 0 amide bonds. The maximum Gasteiger partial charge on any atom is 0.243 e. The highest BCUT2D eigenvalue weighted by molar-refractivity contribution is 7.89. The van der Waals surface area contributed by atoms with E-state index >= 15 is 0 Å². The van der Waals surface area contributed by atoms with Crippen molar-refractivity contribution in [2.45, 2.75) is 69.7 Å². The molecule has 2 fully saturated rings. The van der Waals surface area contributed by atoms with E-state index in [0.717, 1.165) is 34.9 Å². The molecule has 2 aromatic rings. The van der Waals surface area contributed by atoms with Gasteiger partial charge in [-0.15, -0.1) is 11.3 Å². The highest BCUT2D eigenvalue weighted by Gasteiger charge is 2.33. The number of hydrogen-bond acceptors (Lipinski definition) is 5. The Morgan fingerprint density at radius 2 is 1.77 bits per heavy atom. The quantitative estimate of drug-likeness (QED) is 0.655. The first-order valence-corrected chi connectivity index (χ1v) is 13.5. The summed E-state index contributed by atoms with van der Waals surface area (Å²) in [4.78, 5) is 7.52. The summed E-state index contributed by atoms with van der Waals surface area (Å²) >= 11 is 1.59. The second-order valence-corrected chi connectivity index (χ2v) is 11.9. The molecule has 0 bridgehead atoms. The van der Waals surface area contributed by atoms with Crippen molar-refractivity contribution in [1.29, 1.82) is 0 Å². The van der Waals surface area contributed by atoms with Crippen molar-refractivity contribution in [3.05, 3.63) is 34.2 Å². The fourth-order valence-corrected chi connectivity index (χ4v) is 7.21. The van der Waals surface area contributed by atoms with Gasteiger partial charge in [0.15, 0.2) is 0 Å². The van der Waals surface area contributed by atoms with Gasteiger partial charge in [0.2, 0.25) is 10.0 Å². The summed E-state index contributed by atoms with van der Waals surface area (Å²) in [7, 11) is -3.53. The van der Waals surface area contributed by atoms with Gasteiger partial charge in [0.05, 0.1) is 15.6 Å². The van der Waals surface area contributed by atoms with E-state index in [0.29, 0.717) is 24.0 Å². The molecular weight excluding hydrogens is 414 g/mol. The first-order valence-electron chi connectivity index (χ1n) is 11.2. The monoisotopic (exact) mass is 447 g/mol. The van der Waals surface area contributed by atoms with Gasteiger partial charge in [-0.05, 0) is 37.3 Å². The topological polar surface area (TPSA) is 53.5 Å². The zero-order valence-electron chi connectivity index (χ0n) is 18.3. The van der Waals surface area contributed by atoms with Crippen LogP contribution in [-0.2, 0) is 10.0 Å². The fourth-order valence-electron chi connectivity index (χ4n) is 4.78. The van der Waals surface area contributed by atoms with Crippen LogP contribution >= 0.6 is 11.3 Å². The Kier molecular flexibility index (Phi) is 6.63. The summed E-state index contributed by atoms with van der Waals surface area (Å²) in [5.74, 6) is 0.143. The van der Waals surface area contributed by atoms with Crippen LogP contribution in [0.2, 0.25) is 0 Å². The van der Waals surface area contributed by atoms with E-state index in [1.165, 1.54) is 32.1 Å². The minimum atomic E-state index is -3.53. The number of hydrogen-bond donors (Lipinski definition) is 0. The van der Waals surface area contributed by atoms with Crippen LogP contribution in [0.3, 0.4) is 0 Å². The number of sulfonamides is 1. The van der Waals surface area contributed by atoms with Gasteiger partial charge >= 0.3 is 0 Å². The predicted octanol–water partition coefficient (Wildman–Crippen LogP) is 4.88. The first-order chi connectivity index (χ1) is 14.4. The van der Waals surface area contributed by atoms with Crippen LogP contribution in [0.25, 0.3) is 11.3 Å². The van der Waals surface area contributed by atoms with Gasteiger partial charge in [0.25, 0.3) is 0 Å². The number of aryl methyl sites for hydroxylation is 1. The van der Waals surface area contributed by atoms with Crippen LogP contribution < -0.4 is 0 Å². The summed E-state index contributed by atoms with van der Waals surface area (Å²) in [6.07, 6.45) is 6.49. The van der Waals surface area contributed by atoms with E-state index < -0.39 is 10.0 Å². The Hall–Kier alpha value is -1.28. The van der Waals surface area contributed by atoms with Crippen LogP contribution in [0, 0.1) is 6.92 Å². The summed E-state index contributed by atoms with van der Waals surface area (Å²) in [5.41, 5.74) is 2.62. The van der Waals surface area contributed by atoms with Gasteiger partial charge in [-0.25, -0.2) is 13.4 Å². The number of aromatic nitrogens is 1. The minimum Gasteiger partial charge on any atom is -0.298 e. The SMILES string of the molecule is Cc1nc(-c2ccc(C(C)C)c(S(=O)(=O)N3CCN(C4CCCCC4)CC3)c2)cs1. The number of thiazole rings is 1. The van der Waals surface area contributed by atoms with Gasteiger partial charge in [0, 0.05) is 43.2 Å². The summed E-state index contributed by atoms with van der Waals surface area (Å²) < 4.78 is 29.0. The molecule has 4 rings (SSSR count). The van der Waals surface area contributed by atoms with Crippen LogP contribution in [0.5, 0.6) is 0 Å². The second-order valence-electron chi connectivity index (χ2n) is 8.89. The lowest BCUT2D eigenvalue weighted by atomic mass is 9.94. The summed E-state index contributed by atoms with van der Waals surface area (Å²) in [6.45, 7) is 8.93. The van der Waals surface area contributed by atoms with Gasteiger partial charge < -0.3 is 0 Å². The molecular formula is C23H33N3O2S2. The zero-order chi connectivity index (χ0) is 21.3. The lowest BCUT2D eigenvalue weighted by Gasteiger charge is -2.40. The van der Waals surface area contributed by atoms with E-state index in [1.54, 1.807) is 15.6 Å². The molecule has 1 aliphatic heterocycles. The van der Waals surface area contributed by atoms with Gasteiger partial charge in [-0.1, -0.05) is 45.2 Å². The number of nitrogens with zero attached hydrogens (tertiary/aromatic N) is 3. The van der Waals surface area contributed by atoms with Crippen LogP contribution in [0.1, 0.15) is 62.4 Å². The first kappa shape index (κ1) is 21.9. The van der Waals surface area contributed by atoms with E-state index in [9.17, 15) is 8.42 Å². The molecule has 0 atom stereocenters. The molecule has 7 heteroatoms. The highest BCUT2D eigenvalue weighted by atomic mass is 32.2. The molecule has 164 valence electrons. The smallest absolute Gasteiger partial charge is 0.243 e. The number of benzene rings is 1. The van der Waals surface area contributed by atoms with E-state index in [-0.39, 0.29) is 5.92 Å². The Morgan fingerprint density at radius 1 is 1.07 bits per heavy atom. The van der Waals surface area contributed by atoms with E-state index in [4.69, 9.17) is 0 Å². The van der Waals surface area contributed by atoms with Crippen LogP contribution in [-0.4, -0.2) is 54.8 Å². The summed E-state index contributed by atoms with van der Waals surface area (Å²) in [6, 6.07) is 6.46. The van der Waals surface area contributed by atoms with Crippen molar-refractivity contribution in [1.82, 2.24) is 14.2 Å². The molecule has 1 saturated carbocycles. The standard InChI is InChI=1S/C23H33N3O2S2/c1-17(2)21-10-9-19(22-16-29-18(3)24-22)15-23(21)30(27,28)26-13-11-25(12-14-26)20-7-5-4-6-8-20/h9-10,15-17,20H,4-8,11-14H2,1-3H3. The third kappa shape index (κ3) is 4.49. The lowest BCUT2D eigenvalue weighted by molar-refractivity contribution is 0.111. The average Bonchev–Trinajstić information content (AvgIpc) is 3.20. The second kappa shape index (κ2) is 9.07. The molecule has 1 saturated heterocycles. The molecule has 0 radical (unpaired) electrons. The zero-order valence-corrected chi connectivity index (χ0v) is 19.9. The van der Waals surface area contributed by atoms with Gasteiger partial charge in [0.1, 0.15) is 0 Å². The molecule has 1 aliphatic carbocycles. The van der Waals surface area contributed by atoms with Crippen molar-refractivity contribution in [3.8, 4) is 11.3 Å². The van der Waals surface area contributed by atoms with Crippen molar-refractivity contribution < 1.29 is 8.42 Å². The number of piperazine rings is 1. The van der Waals surface area contributed by atoms with E-state index in [2.05, 4.69) is 23.7 Å². The number of rotatable bonds is 5. The third-order valence-electron chi connectivity index (χ3n) is 6.53. The van der Waals surface area contributed by atoms with Crippen molar-refractivity contribution >= 4 is 21.4 Å². The Morgan fingerprint density at radius 3 is 2.37 bits per heavy atom. The van der Waals surface area contributed by atoms with Crippen molar-refractivity contribution in [2.75, 3.05) is 26.2 Å². The third-order valence-corrected chi connectivity index (χ3v) is 9.26. The van der Waals surface area contributed by atoms with Gasteiger partial charge in [-0.2, -0.15) is 4.31 Å². The van der Waals surface area contributed by atoms with Crippen LogP contribution in [0.4, 0.5) is 0 Å². The molecule has 30 heavy (non-hydrogen) atoms. The highest BCUT2D eigenvalue weighted by Crippen LogP contribution is 2.32.